The molecule has 0 amide bonds. The third-order valence-electron chi connectivity index (χ3n) is 3.70. The number of ether oxygens (including phenoxy) is 1. The smallest absolute Gasteiger partial charge is 0.307 e. The molecular weight excluding hydrogens is 202 g/mol. The second kappa shape index (κ2) is 4.74. The Morgan fingerprint density at radius 1 is 1.44 bits per heavy atom. The summed E-state index contributed by atoms with van der Waals surface area (Å²) in [6.45, 7) is 6.84. The number of hydrogen-bond acceptors (Lipinski definition) is 3. The Bertz CT molecular complexity index is 263. The summed E-state index contributed by atoms with van der Waals surface area (Å²) in [6, 6.07) is 0. The Hall–Kier alpha value is -0.570. The Morgan fingerprint density at radius 3 is 2.50 bits per heavy atom. The van der Waals surface area contributed by atoms with Crippen molar-refractivity contribution in [3.8, 4) is 0 Å². The first-order valence-electron chi connectivity index (χ1n) is 6.08. The molecule has 1 N–H and O–H groups in total. The number of esters is 1. The highest BCUT2D eigenvalue weighted by atomic mass is 16.5. The first kappa shape index (κ1) is 13.5. The van der Waals surface area contributed by atoms with Gasteiger partial charge in [-0.15, -0.1) is 0 Å². The largest absolute Gasteiger partial charge is 0.469 e. The lowest BCUT2D eigenvalue weighted by molar-refractivity contribution is -0.143. The molecule has 0 spiro atoms. The molecular formula is C13H25NO2. The highest BCUT2D eigenvalue weighted by molar-refractivity contribution is 5.70. The van der Waals surface area contributed by atoms with Crippen LogP contribution in [-0.4, -0.2) is 25.7 Å². The van der Waals surface area contributed by atoms with E-state index >= 15 is 0 Å². The van der Waals surface area contributed by atoms with Crippen LogP contribution in [0.1, 0.15) is 46.5 Å². The van der Waals surface area contributed by atoms with Gasteiger partial charge in [0.25, 0.3) is 0 Å². The fraction of sp³-hybridized carbons (Fsp3) is 0.923. The average Bonchev–Trinajstić information content (AvgIpc) is 2.14. The van der Waals surface area contributed by atoms with Gasteiger partial charge in [-0.25, -0.2) is 0 Å². The molecule has 0 aliphatic heterocycles. The van der Waals surface area contributed by atoms with Crippen molar-refractivity contribution in [2.75, 3.05) is 14.2 Å². The number of rotatable bonds is 3. The van der Waals surface area contributed by atoms with Gasteiger partial charge >= 0.3 is 5.97 Å². The first-order valence-corrected chi connectivity index (χ1v) is 6.08. The van der Waals surface area contributed by atoms with E-state index in [9.17, 15) is 4.79 Å². The van der Waals surface area contributed by atoms with E-state index in [-0.39, 0.29) is 11.5 Å². The maximum absolute atomic E-state index is 11.5. The SMILES string of the molecule is CNC1(CC(=O)OC)CC(C)CC(C)(C)C1. The molecule has 0 aromatic heterocycles. The third-order valence-corrected chi connectivity index (χ3v) is 3.70. The first-order chi connectivity index (χ1) is 7.32. The predicted molar refractivity (Wildman–Crippen MR) is 65.2 cm³/mol. The third kappa shape index (κ3) is 3.21. The number of methoxy groups -OCH3 is 1. The lowest BCUT2D eigenvalue weighted by atomic mass is 9.63. The Balaban J connectivity index is 2.81. The monoisotopic (exact) mass is 227 g/mol. The van der Waals surface area contributed by atoms with Crippen molar-refractivity contribution < 1.29 is 9.53 Å². The standard InChI is InChI=1S/C13H25NO2/c1-10-6-12(2,3)9-13(7-10,14-4)8-11(15)16-5/h10,14H,6-9H2,1-5H3. The van der Waals surface area contributed by atoms with Gasteiger partial charge in [0, 0.05) is 5.54 Å². The van der Waals surface area contributed by atoms with Crippen LogP contribution < -0.4 is 5.32 Å². The van der Waals surface area contributed by atoms with Gasteiger partial charge in [0.2, 0.25) is 0 Å². The van der Waals surface area contributed by atoms with E-state index in [1.54, 1.807) is 0 Å². The molecule has 1 saturated carbocycles. The minimum Gasteiger partial charge on any atom is -0.469 e. The summed E-state index contributed by atoms with van der Waals surface area (Å²) >= 11 is 0. The fourth-order valence-electron chi connectivity index (χ4n) is 3.50. The number of nitrogens with one attached hydrogen (secondary N) is 1. The summed E-state index contributed by atoms with van der Waals surface area (Å²) in [4.78, 5) is 11.5. The Kier molecular flexibility index (Phi) is 4.00. The molecule has 0 heterocycles. The zero-order chi connectivity index (χ0) is 12.4. The molecule has 2 unspecified atom stereocenters. The normalized spacial score (nSPS) is 33.4. The van der Waals surface area contributed by atoms with Gasteiger partial charge in [-0.3, -0.25) is 4.79 Å². The number of hydrogen-bond donors (Lipinski definition) is 1. The van der Waals surface area contributed by atoms with E-state index in [1.165, 1.54) is 13.5 Å². The molecule has 0 aromatic rings. The van der Waals surface area contributed by atoms with Crippen LogP contribution in [0.2, 0.25) is 0 Å². The van der Waals surface area contributed by atoms with Crippen molar-refractivity contribution in [1.82, 2.24) is 5.32 Å². The minimum atomic E-state index is -0.112. The fourth-order valence-corrected chi connectivity index (χ4v) is 3.50. The molecule has 1 rings (SSSR count). The van der Waals surface area contributed by atoms with E-state index < -0.39 is 0 Å². The summed E-state index contributed by atoms with van der Waals surface area (Å²) in [6.07, 6.45) is 3.81. The van der Waals surface area contributed by atoms with E-state index in [0.29, 0.717) is 17.8 Å². The quantitative estimate of drug-likeness (QED) is 0.752. The van der Waals surface area contributed by atoms with Crippen molar-refractivity contribution in [3.05, 3.63) is 0 Å². The van der Waals surface area contributed by atoms with Crippen molar-refractivity contribution >= 4 is 5.97 Å². The van der Waals surface area contributed by atoms with Gasteiger partial charge in [-0.1, -0.05) is 20.8 Å². The van der Waals surface area contributed by atoms with Crippen LogP contribution in [0.15, 0.2) is 0 Å². The molecule has 0 aromatic carbocycles. The highest BCUT2D eigenvalue weighted by Gasteiger charge is 2.43. The zero-order valence-electron chi connectivity index (χ0n) is 11.2. The molecule has 0 saturated heterocycles. The summed E-state index contributed by atoms with van der Waals surface area (Å²) in [5.41, 5.74) is 0.225. The van der Waals surface area contributed by atoms with Crippen LogP contribution in [0.5, 0.6) is 0 Å². The van der Waals surface area contributed by atoms with Gasteiger partial charge in [0.15, 0.2) is 0 Å². The van der Waals surface area contributed by atoms with E-state index in [2.05, 4.69) is 26.1 Å². The number of carbonyl (C=O) groups excluding carboxylic acids is 1. The zero-order valence-corrected chi connectivity index (χ0v) is 11.2. The van der Waals surface area contributed by atoms with Crippen molar-refractivity contribution in [3.63, 3.8) is 0 Å². The van der Waals surface area contributed by atoms with Gasteiger partial charge in [0.1, 0.15) is 0 Å². The maximum atomic E-state index is 11.5. The lowest BCUT2D eigenvalue weighted by Gasteiger charge is -2.47. The molecule has 2 atom stereocenters. The summed E-state index contributed by atoms with van der Waals surface area (Å²) in [7, 11) is 3.42. The average molecular weight is 227 g/mol. The summed E-state index contributed by atoms with van der Waals surface area (Å²) < 4.78 is 4.80. The molecule has 0 bridgehead atoms. The van der Waals surface area contributed by atoms with E-state index in [4.69, 9.17) is 4.74 Å². The van der Waals surface area contributed by atoms with Crippen LogP contribution in [-0.2, 0) is 9.53 Å². The van der Waals surface area contributed by atoms with Gasteiger partial charge in [-0.2, -0.15) is 0 Å². The second-order valence-electron chi connectivity index (χ2n) is 6.14. The second-order valence-corrected chi connectivity index (χ2v) is 6.14. The van der Waals surface area contributed by atoms with E-state index in [1.807, 2.05) is 7.05 Å². The molecule has 3 nitrogen and oxygen atoms in total. The summed E-state index contributed by atoms with van der Waals surface area (Å²) in [5, 5.41) is 3.37. The molecule has 16 heavy (non-hydrogen) atoms. The van der Waals surface area contributed by atoms with Crippen molar-refractivity contribution in [1.29, 1.82) is 0 Å². The molecule has 1 aliphatic carbocycles. The summed E-state index contributed by atoms with van der Waals surface area (Å²) in [5.74, 6) is 0.542. The maximum Gasteiger partial charge on any atom is 0.307 e. The van der Waals surface area contributed by atoms with Crippen molar-refractivity contribution in [2.45, 2.75) is 52.0 Å². The van der Waals surface area contributed by atoms with Crippen LogP contribution in [0, 0.1) is 11.3 Å². The molecule has 1 aliphatic rings. The Labute approximate surface area is 98.9 Å². The Morgan fingerprint density at radius 2 is 2.06 bits per heavy atom. The minimum absolute atomic E-state index is 0.0751. The van der Waals surface area contributed by atoms with Crippen molar-refractivity contribution in [2.24, 2.45) is 11.3 Å². The van der Waals surface area contributed by atoms with E-state index in [0.717, 1.165) is 12.8 Å². The molecule has 0 radical (unpaired) electrons. The van der Waals surface area contributed by atoms with Gasteiger partial charge in [0.05, 0.1) is 13.5 Å². The molecule has 94 valence electrons. The van der Waals surface area contributed by atoms with Gasteiger partial charge < -0.3 is 10.1 Å². The topological polar surface area (TPSA) is 38.3 Å². The predicted octanol–water partition coefficient (Wildman–Crippen LogP) is 2.35. The van der Waals surface area contributed by atoms with Crippen LogP contribution >= 0.6 is 0 Å². The van der Waals surface area contributed by atoms with Gasteiger partial charge in [-0.05, 0) is 37.6 Å². The highest BCUT2D eigenvalue weighted by Crippen LogP contribution is 2.45. The molecule has 3 heteroatoms. The van der Waals surface area contributed by atoms with Crippen LogP contribution in [0.4, 0.5) is 0 Å². The van der Waals surface area contributed by atoms with Crippen LogP contribution in [0.25, 0.3) is 0 Å². The number of carbonyl (C=O) groups is 1. The molecule has 1 fully saturated rings. The lowest BCUT2D eigenvalue weighted by Crippen LogP contribution is -2.52. The van der Waals surface area contributed by atoms with Crippen LogP contribution in [0.3, 0.4) is 0 Å².